The van der Waals surface area contributed by atoms with Crippen molar-refractivity contribution < 1.29 is 4.74 Å². The summed E-state index contributed by atoms with van der Waals surface area (Å²) in [4.78, 5) is 15.6. The van der Waals surface area contributed by atoms with E-state index in [0.717, 1.165) is 11.0 Å². The van der Waals surface area contributed by atoms with E-state index in [1.54, 1.807) is 18.2 Å². The lowest BCUT2D eigenvalue weighted by molar-refractivity contribution is 0.417. The van der Waals surface area contributed by atoms with Gasteiger partial charge >= 0.3 is 0 Å². The average Bonchev–Trinajstić information content (AvgIpc) is 2.38. The van der Waals surface area contributed by atoms with Gasteiger partial charge in [0.2, 0.25) is 0 Å². The van der Waals surface area contributed by atoms with Crippen molar-refractivity contribution in [1.82, 2.24) is 4.98 Å². The summed E-state index contributed by atoms with van der Waals surface area (Å²) in [7, 11) is 1.53. The molecule has 0 aliphatic heterocycles. The molecule has 90 valence electrons. The van der Waals surface area contributed by atoms with Crippen molar-refractivity contribution in [2.45, 2.75) is 0 Å². The molecule has 18 heavy (non-hydrogen) atoms. The first-order valence-corrected chi connectivity index (χ1v) is 5.59. The van der Waals surface area contributed by atoms with E-state index >= 15 is 0 Å². The van der Waals surface area contributed by atoms with E-state index in [0.29, 0.717) is 22.2 Å². The number of benzene rings is 2. The zero-order valence-corrected chi connectivity index (χ0v) is 9.86. The minimum Gasteiger partial charge on any atom is -0.495 e. The Hall–Kier alpha value is -2.49. The summed E-state index contributed by atoms with van der Waals surface area (Å²) in [6.45, 7) is 0. The third-order valence-electron chi connectivity index (χ3n) is 3.06. The van der Waals surface area contributed by atoms with Crippen molar-refractivity contribution in [3.63, 3.8) is 0 Å². The lowest BCUT2D eigenvalue weighted by Crippen LogP contribution is -2.05. The monoisotopic (exact) mass is 240 g/mol. The second kappa shape index (κ2) is 3.77. The van der Waals surface area contributed by atoms with Crippen LogP contribution in [0.15, 0.2) is 41.2 Å². The highest BCUT2D eigenvalue weighted by Crippen LogP contribution is 2.26. The van der Waals surface area contributed by atoms with Crippen molar-refractivity contribution >= 4 is 27.5 Å². The van der Waals surface area contributed by atoms with Crippen molar-refractivity contribution in [2.24, 2.45) is 0 Å². The molecule has 0 fully saturated rings. The number of nitrogen functional groups attached to an aromatic ring is 1. The van der Waals surface area contributed by atoms with Gasteiger partial charge in [-0.15, -0.1) is 0 Å². The quantitative estimate of drug-likeness (QED) is 0.506. The minimum atomic E-state index is -0.0161. The average molecular weight is 240 g/mol. The van der Waals surface area contributed by atoms with E-state index in [9.17, 15) is 4.79 Å². The molecule has 1 heterocycles. The van der Waals surface area contributed by atoms with Crippen molar-refractivity contribution in [1.29, 1.82) is 0 Å². The second-order valence-electron chi connectivity index (χ2n) is 4.14. The maximum atomic E-state index is 12.4. The molecule has 3 aromatic rings. The van der Waals surface area contributed by atoms with E-state index in [4.69, 9.17) is 10.5 Å². The van der Waals surface area contributed by atoms with Gasteiger partial charge in [0.15, 0.2) is 5.43 Å². The molecule has 0 saturated carbocycles. The number of H-pyrrole nitrogens is 1. The molecule has 2 aromatic carbocycles. The lowest BCUT2D eigenvalue weighted by Gasteiger charge is -2.07. The van der Waals surface area contributed by atoms with E-state index in [1.165, 1.54) is 7.11 Å². The smallest absolute Gasteiger partial charge is 0.197 e. The highest BCUT2D eigenvalue weighted by atomic mass is 16.5. The Kier molecular flexibility index (Phi) is 2.23. The maximum absolute atomic E-state index is 12.4. The molecule has 0 unspecified atom stereocenters. The van der Waals surface area contributed by atoms with Gasteiger partial charge in [-0.05, 0) is 24.3 Å². The third kappa shape index (κ3) is 1.43. The maximum Gasteiger partial charge on any atom is 0.197 e. The first-order chi connectivity index (χ1) is 8.70. The van der Waals surface area contributed by atoms with Gasteiger partial charge in [0.25, 0.3) is 0 Å². The fourth-order valence-electron chi connectivity index (χ4n) is 2.14. The molecule has 4 heteroatoms. The number of nitrogens with one attached hydrogen (secondary N) is 1. The van der Waals surface area contributed by atoms with Crippen molar-refractivity contribution in [3.8, 4) is 5.75 Å². The molecule has 0 aliphatic carbocycles. The lowest BCUT2D eigenvalue weighted by atomic mass is 10.1. The van der Waals surface area contributed by atoms with Crippen LogP contribution in [0.1, 0.15) is 0 Å². The number of para-hydroxylation sites is 1. The molecule has 0 atom stereocenters. The summed E-state index contributed by atoms with van der Waals surface area (Å²) in [5, 5.41) is 1.25. The number of rotatable bonds is 1. The second-order valence-corrected chi connectivity index (χ2v) is 4.14. The van der Waals surface area contributed by atoms with Crippen molar-refractivity contribution in [3.05, 3.63) is 46.6 Å². The Balaban J connectivity index is 2.52. The van der Waals surface area contributed by atoms with Crippen LogP contribution in [0.25, 0.3) is 21.8 Å². The number of aromatic amines is 1. The van der Waals surface area contributed by atoms with Gasteiger partial charge in [-0.2, -0.15) is 0 Å². The Morgan fingerprint density at radius 2 is 1.89 bits per heavy atom. The largest absolute Gasteiger partial charge is 0.495 e. The molecule has 0 bridgehead atoms. The molecule has 0 spiro atoms. The van der Waals surface area contributed by atoms with Crippen LogP contribution in [0.5, 0.6) is 5.75 Å². The van der Waals surface area contributed by atoms with Gasteiger partial charge in [0, 0.05) is 16.3 Å². The van der Waals surface area contributed by atoms with Gasteiger partial charge in [0.05, 0.1) is 18.3 Å². The molecule has 0 amide bonds. The number of pyridine rings is 1. The summed E-state index contributed by atoms with van der Waals surface area (Å²) < 4.78 is 5.14. The minimum absolute atomic E-state index is 0.0161. The Bertz CT molecular complexity index is 806. The molecule has 3 rings (SSSR count). The summed E-state index contributed by atoms with van der Waals surface area (Å²) in [5.74, 6) is 0.517. The van der Waals surface area contributed by atoms with E-state index in [-0.39, 0.29) is 5.43 Å². The molecule has 0 aliphatic rings. The summed E-state index contributed by atoms with van der Waals surface area (Å²) >= 11 is 0. The fraction of sp³-hybridized carbons (Fsp3) is 0.0714. The van der Waals surface area contributed by atoms with Crippen LogP contribution in [-0.4, -0.2) is 12.1 Å². The van der Waals surface area contributed by atoms with Crippen LogP contribution < -0.4 is 15.9 Å². The van der Waals surface area contributed by atoms with Crippen LogP contribution in [0.4, 0.5) is 5.69 Å². The molecule has 0 radical (unpaired) electrons. The molecule has 1 aromatic heterocycles. The zero-order valence-electron chi connectivity index (χ0n) is 9.86. The Labute approximate surface area is 103 Å². The first kappa shape index (κ1) is 10.7. The van der Waals surface area contributed by atoms with Crippen LogP contribution in [0.3, 0.4) is 0 Å². The molecular weight excluding hydrogens is 228 g/mol. The number of fused-ring (bicyclic) bond motifs is 2. The van der Waals surface area contributed by atoms with E-state index < -0.39 is 0 Å². The number of hydrogen-bond acceptors (Lipinski definition) is 3. The van der Waals surface area contributed by atoms with E-state index in [2.05, 4.69) is 4.98 Å². The van der Waals surface area contributed by atoms with Crippen LogP contribution in [-0.2, 0) is 0 Å². The Morgan fingerprint density at radius 3 is 2.67 bits per heavy atom. The first-order valence-electron chi connectivity index (χ1n) is 5.59. The Morgan fingerprint density at radius 1 is 1.11 bits per heavy atom. The topological polar surface area (TPSA) is 68.1 Å². The van der Waals surface area contributed by atoms with Gasteiger partial charge in [-0.25, -0.2) is 0 Å². The summed E-state index contributed by atoms with van der Waals surface area (Å²) in [6, 6.07) is 10.8. The highest BCUT2D eigenvalue weighted by Gasteiger charge is 2.08. The summed E-state index contributed by atoms with van der Waals surface area (Å²) in [5.41, 5.74) is 7.86. The zero-order chi connectivity index (χ0) is 12.7. The number of methoxy groups -OCH3 is 1. The predicted molar refractivity (Wildman–Crippen MR) is 73.0 cm³/mol. The van der Waals surface area contributed by atoms with Crippen LogP contribution >= 0.6 is 0 Å². The number of hydrogen-bond donors (Lipinski definition) is 2. The normalized spacial score (nSPS) is 10.9. The third-order valence-corrected chi connectivity index (χ3v) is 3.06. The van der Waals surface area contributed by atoms with Crippen LogP contribution in [0.2, 0.25) is 0 Å². The van der Waals surface area contributed by atoms with Gasteiger partial charge in [-0.1, -0.05) is 12.1 Å². The highest BCUT2D eigenvalue weighted by molar-refractivity contribution is 5.94. The standard InChI is InChI=1S/C14H12N2O2/c1-18-13-6-9-12(7-10(13)15)16-11-5-3-2-4-8(11)14(9)17/h2-7H,15H2,1H3,(H,16,17). The van der Waals surface area contributed by atoms with Crippen LogP contribution in [0, 0.1) is 0 Å². The summed E-state index contributed by atoms with van der Waals surface area (Å²) in [6.07, 6.45) is 0. The molecule has 4 nitrogen and oxygen atoms in total. The molecule has 3 N–H and O–H groups in total. The number of ether oxygens (including phenoxy) is 1. The molecular formula is C14H12N2O2. The molecule has 0 saturated heterocycles. The predicted octanol–water partition coefficient (Wildman–Crippen LogP) is 2.27. The number of aromatic nitrogens is 1. The SMILES string of the molecule is COc1cc2c(=O)c3ccccc3[nH]c2cc1N. The number of nitrogens with two attached hydrogens (primary N) is 1. The fourth-order valence-corrected chi connectivity index (χ4v) is 2.14. The number of anilines is 1. The van der Waals surface area contributed by atoms with Gasteiger partial charge in [0.1, 0.15) is 5.75 Å². The van der Waals surface area contributed by atoms with Gasteiger partial charge < -0.3 is 15.5 Å². The van der Waals surface area contributed by atoms with Crippen molar-refractivity contribution in [2.75, 3.05) is 12.8 Å². The van der Waals surface area contributed by atoms with E-state index in [1.807, 2.05) is 18.2 Å². The van der Waals surface area contributed by atoms with Gasteiger partial charge in [-0.3, -0.25) is 4.79 Å².